The molecular formula is C11H17N3O4S. The first kappa shape index (κ1) is 13.0. The zero-order valence-corrected chi connectivity index (χ0v) is 11.8. The molecule has 8 heteroatoms. The Hall–Kier alpha value is -0.990. The number of fused-ring (bicyclic) bond motifs is 1. The van der Waals surface area contributed by atoms with E-state index in [1.165, 1.54) is 4.31 Å². The van der Waals surface area contributed by atoms with E-state index in [1.807, 2.05) is 0 Å². The number of hydrogen-bond donors (Lipinski definition) is 0. The molecule has 2 aliphatic heterocycles. The molecule has 1 aromatic heterocycles. The van der Waals surface area contributed by atoms with Gasteiger partial charge in [0.25, 0.3) is 5.89 Å². The van der Waals surface area contributed by atoms with Crippen LogP contribution in [0.2, 0.25) is 0 Å². The third-order valence-electron chi connectivity index (χ3n) is 3.78. The number of rotatable bonds is 3. The van der Waals surface area contributed by atoms with Crippen LogP contribution in [0.15, 0.2) is 4.52 Å². The largest absolute Gasteiger partial charge is 0.363 e. The Bertz CT molecular complexity index is 556. The van der Waals surface area contributed by atoms with Crippen molar-refractivity contribution in [3.63, 3.8) is 0 Å². The van der Waals surface area contributed by atoms with Crippen LogP contribution in [0.4, 0.5) is 0 Å². The molecule has 1 aromatic rings. The zero-order valence-electron chi connectivity index (χ0n) is 10.9. The van der Waals surface area contributed by atoms with Gasteiger partial charge in [0, 0.05) is 19.0 Å². The Kier molecular flexibility index (Phi) is 3.11. The fourth-order valence-electron chi connectivity index (χ4n) is 2.74. The first-order chi connectivity index (χ1) is 8.99. The van der Waals surface area contributed by atoms with Crippen molar-refractivity contribution in [2.75, 3.05) is 18.8 Å². The van der Waals surface area contributed by atoms with E-state index in [0.717, 1.165) is 6.42 Å². The average molecular weight is 287 g/mol. The molecule has 0 unspecified atom stereocenters. The molecule has 0 aromatic carbocycles. The summed E-state index contributed by atoms with van der Waals surface area (Å²) in [6.45, 7) is 4.39. The van der Waals surface area contributed by atoms with Gasteiger partial charge in [0.15, 0.2) is 5.82 Å². The van der Waals surface area contributed by atoms with Crippen molar-refractivity contribution in [2.24, 2.45) is 5.92 Å². The van der Waals surface area contributed by atoms with Crippen LogP contribution in [0.25, 0.3) is 0 Å². The number of aromatic nitrogens is 2. The molecule has 3 atom stereocenters. The fourth-order valence-corrected chi connectivity index (χ4v) is 3.90. The molecular weight excluding hydrogens is 270 g/mol. The van der Waals surface area contributed by atoms with Gasteiger partial charge < -0.3 is 9.26 Å². The van der Waals surface area contributed by atoms with E-state index in [9.17, 15) is 8.42 Å². The van der Waals surface area contributed by atoms with E-state index in [2.05, 4.69) is 10.1 Å². The van der Waals surface area contributed by atoms with E-state index in [-0.39, 0.29) is 23.9 Å². The summed E-state index contributed by atoms with van der Waals surface area (Å²) in [5.74, 6) is 1.44. The Morgan fingerprint density at radius 3 is 2.79 bits per heavy atom. The monoisotopic (exact) mass is 287 g/mol. The molecule has 2 saturated heterocycles. The van der Waals surface area contributed by atoms with Crippen LogP contribution < -0.4 is 0 Å². The molecule has 2 aliphatic rings. The molecule has 0 amide bonds. The molecule has 3 rings (SSSR count). The standard InChI is InChI=1S/C11H17N3O4S/c1-3-19(15,16)14-5-8-4-9(17-10(8)6-14)11-12-7(2)13-18-11/h8-10H,3-6H2,1-2H3/t8-,9-,10+/m0/s1. The molecule has 0 N–H and O–H groups in total. The molecule has 7 nitrogen and oxygen atoms in total. The van der Waals surface area contributed by atoms with E-state index >= 15 is 0 Å². The highest BCUT2D eigenvalue weighted by atomic mass is 32.2. The molecule has 106 valence electrons. The lowest BCUT2D eigenvalue weighted by Crippen LogP contribution is -2.32. The maximum absolute atomic E-state index is 11.8. The third kappa shape index (κ3) is 2.28. The van der Waals surface area contributed by atoms with Crippen LogP contribution in [-0.4, -0.2) is 47.8 Å². The van der Waals surface area contributed by atoms with Crippen LogP contribution >= 0.6 is 0 Å². The minimum Gasteiger partial charge on any atom is -0.363 e. The molecule has 0 saturated carbocycles. The predicted molar refractivity (Wildman–Crippen MR) is 65.8 cm³/mol. The highest BCUT2D eigenvalue weighted by Gasteiger charge is 2.46. The van der Waals surface area contributed by atoms with Crippen molar-refractivity contribution in [3.05, 3.63) is 11.7 Å². The van der Waals surface area contributed by atoms with Crippen LogP contribution in [-0.2, 0) is 14.8 Å². The van der Waals surface area contributed by atoms with Gasteiger partial charge in [-0.05, 0) is 20.3 Å². The topological polar surface area (TPSA) is 85.5 Å². The molecule has 3 heterocycles. The predicted octanol–water partition coefficient (Wildman–Crippen LogP) is 0.490. The SMILES string of the molecule is CCS(=O)(=O)N1C[C@@H]2C[C@@H](c3nc(C)no3)O[C@@H]2C1. The van der Waals surface area contributed by atoms with Crippen LogP contribution in [0.1, 0.15) is 31.2 Å². The lowest BCUT2D eigenvalue weighted by molar-refractivity contribution is 0.0251. The summed E-state index contributed by atoms with van der Waals surface area (Å²) in [7, 11) is -3.12. The van der Waals surface area contributed by atoms with Crippen LogP contribution in [0.3, 0.4) is 0 Å². The van der Waals surface area contributed by atoms with Gasteiger partial charge in [-0.2, -0.15) is 9.29 Å². The van der Waals surface area contributed by atoms with Crippen LogP contribution in [0, 0.1) is 12.8 Å². The highest BCUT2D eigenvalue weighted by molar-refractivity contribution is 7.89. The van der Waals surface area contributed by atoms with Gasteiger partial charge in [0.05, 0.1) is 11.9 Å². The second-order valence-electron chi connectivity index (χ2n) is 5.06. The van der Waals surface area contributed by atoms with Gasteiger partial charge in [0.2, 0.25) is 10.0 Å². The number of ether oxygens (including phenoxy) is 1. The summed E-state index contributed by atoms with van der Waals surface area (Å²) < 4.78 is 36.1. The van der Waals surface area contributed by atoms with Gasteiger partial charge in [-0.3, -0.25) is 0 Å². The van der Waals surface area contributed by atoms with Crippen molar-refractivity contribution >= 4 is 10.0 Å². The maximum Gasteiger partial charge on any atom is 0.255 e. The Balaban J connectivity index is 1.68. The van der Waals surface area contributed by atoms with E-state index in [1.54, 1.807) is 13.8 Å². The number of hydrogen-bond acceptors (Lipinski definition) is 6. The lowest BCUT2D eigenvalue weighted by atomic mass is 10.0. The maximum atomic E-state index is 11.8. The minimum absolute atomic E-state index is 0.0569. The van der Waals surface area contributed by atoms with Crippen molar-refractivity contribution in [1.29, 1.82) is 0 Å². The molecule has 0 radical (unpaired) electrons. The summed E-state index contributed by atoms with van der Waals surface area (Å²) in [6, 6.07) is 0. The quantitative estimate of drug-likeness (QED) is 0.804. The summed E-state index contributed by atoms with van der Waals surface area (Å²) in [5.41, 5.74) is 0. The number of sulfonamides is 1. The highest BCUT2D eigenvalue weighted by Crippen LogP contribution is 2.40. The van der Waals surface area contributed by atoms with Gasteiger partial charge in [-0.15, -0.1) is 0 Å². The average Bonchev–Trinajstić information content (AvgIpc) is 3.01. The summed E-state index contributed by atoms with van der Waals surface area (Å²) >= 11 is 0. The first-order valence-corrected chi connectivity index (χ1v) is 8.04. The fraction of sp³-hybridized carbons (Fsp3) is 0.818. The zero-order chi connectivity index (χ0) is 13.6. The molecule has 0 bridgehead atoms. The molecule has 0 spiro atoms. The van der Waals surface area contributed by atoms with Gasteiger partial charge in [-0.1, -0.05) is 5.16 Å². The Morgan fingerprint density at radius 2 is 2.21 bits per heavy atom. The summed E-state index contributed by atoms with van der Waals surface area (Å²) in [5, 5.41) is 3.75. The Morgan fingerprint density at radius 1 is 1.42 bits per heavy atom. The first-order valence-electron chi connectivity index (χ1n) is 6.43. The van der Waals surface area contributed by atoms with E-state index in [0.29, 0.717) is 24.8 Å². The lowest BCUT2D eigenvalue weighted by Gasteiger charge is -2.17. The molecule has 19 heavy (non-hydrogen) atoms. The smallest absolute Gasteiger partial charge is 0.255 e. The van der Waals surface area contributed by atoms with Gasteiger partial charge >= 0.3 is 0 Å². The van der Waals surface area contributed by atoms with Gasteiger partial charge in [0.1, 0.15) is 6.10 Å². The van der Waals surface area contributed by atoms with E-state index < -0.39 is 10.0 Å². The summed E-state index contributed by atoms with van der Waals surface area (Å²) in [4.78, 5) is 4.17. The van der Waals surface area contributed by atoms with Crippen molar-refractivity contribution < 1.29 is 17.7 Å². The number of aryl methyl sites for hydroxylation is 1. The second kappa shape index (κ2) is 4.53. The van der Waals surface area contributed by atoms with Crippen molar-refractivity contribution in [1.82, 2.24) is 14.4 Å². The third-order valence-corrected chi connectivity index (χ3v) is 5.59. The van der Waals surface area contributed by atoms with Crippen LogP contribution in [0.5, 0.6) is 0 Å². The normalized spacial score (nSPS) is 31.8. The van der Waals surface area contributed by atoms with Crippen molar-refractivity contribution in [3.8, 4) is 0 Å². The second-order valence-corrected chi connectivity index (χ2v) is 7.31. The van der Waals surface area contributed by atoms with Crippen molar-refractivity contribution in [2.45, 2.75) is 32.5 Å². The molecule has 2 fully saturated rings. The summed E-state index contributed by atoms with van der Waals surface area (Å²) in [6.07, 6.45) is 0.489. The number of nitrogens with zero attached hydrogens (tertiary/aromatic N) is 3. The molecule has 0 aliphatic carbocycles. The van der Waals surface area contributed by atoms with Gasteiger partial charge in [-0.25, -0.2) is 8.42 Å². The van der Waals surface area contributed by atoms with E-state index in [4.69, 9.17) is 9.26 Å². The minimum atomic E-state index is -3.12. The Labute approximate surface area is 112 Å².